The van der Waals surface area contributed by atoms with Gasteiger partial charge in [0, 0.05) is 62.6 Å². The second-order valence-corrected chi connectivity index (χ2v) is 8.97. The molecule has 2 atom stereocenters. The zero-order chi connectivity index (χ0) is 19.8. The van der Waals surface area contributed by atoms with Gasteiger partial charge in [-0.05, 0) is 30.7 Å². The number of morpholine rings is 1. The minimum Gasteiger partial charge on any atom is -0.379 e. The quantitative estimate of drug-likeness (QED) is 0.560. The molecule has 5 rings (SSSR count). The van der Waals surface area contributed by atoms with E-state index in [-0.39, 0.29) is 5.56 Å². The molecule has 7 nitrogen and oxygen atoms in total. The van der Waals surface area contributed by atoms with E-state index in [1.807, 2.05) is 18.5 Å². The first-order valence-corrected chi connectivity index (χ1v) is 11.6. The molecule has 2 fully saturated rings. The van der Waals surface area contributed by atoms with E-state index in [4.69, 9.17) is 4.74 Å². The Balaban J connectivity index is 1.39. The van der Waals surface area contributed by atoms with Crippen LogP contribution in [0.15, 0.2) is 34.3 Å². The maximum absolute atomic E-state index is 13.2. The lowest BCUT2D eigenvalue weighted by atomic mass is 9.83. The third kappa shape index (κ3) is 3.81. The standard InChI is InChI=1S/C21H27N5O2S/c1-29-21-22-5-4-19(23-21)25-11-15-10-17(14-25)18-3-2-16(20(27)26(18)12-15)13-24-6-8-28-9-7-24/h2-5,15,17H,6-14H2,1H3/t15-,17+/m0/s1. The van der Waals surface area contributed by atoms with Gasteiger partial charge in [-0.25, -0.2) is 9.97 Å². The van der Waals surface area contributed by atoms with Crippen molar-refractivity contribution in [1.29, 1.82) is 0 Å². The molecule has 3 aliphatic rings. The van der Waals surface area contributed by atoms with Crippen LogP contribution in [0.25, 0.3) is 0 Å². The van der Waals surface area contributed by atoms with Gasteiger partial charge in [0.2, 0.25) is 0 Å². The van der Waals surface area contributed by atoms with E-state index in [2.05, 4.69) is 36.5 Å². The van der Waals surface area contributed by atoms with Crippen molar-refractivity contribution >= 4 is 17.6 Å². The highest BCUT2D eigenvalue weighted by Crippen LogP contribution is 2.36. The van der Waals surface area contributed by atoms with Gasteiger partial charge in [-0.3, -0.25) is 9.69 Å². The van der Waals surface area contributed by atoms with E-state index in [9.17, 15) is 4.79 Å². The van der Waals surface area contributed by atoms with Gasteiger partial charge < -0.3 is 14.2 Å². The Morgan fingerprint density at radius 3 is 2.86 bits per heavy atom. The van der Waals surface area contributed by atoms with Crippen LogP contribution in [-0.4, -0.2) is 65.1 Å². The van der Waals surface area contributed by atoms with Crippen LogP contribution in [0.1, 0.15) is 23.6 Å². The normalized spacial score (nSPS) is 24.4. The number of fused-ring (bicyclic) bond motifs is 4. The Hall–Kier alpha value is -1.90. The maximum Gasteiger partial charge on any atom is 0.255 e. The van der Waals surface area contributed by atoms with Crippen molar-refractivity contribution in [3.8, 4) is 0 Å². The Labute approximate surface area is 175 Å². The molecular weight excluding hydrogens is 386 g/mol. The highest BCUT2D eigenvalue weighted by molar-refractivity contribution is 7.98. The van der Waals surface area contributed by atoms with Gasteiger partial charge in [0.1, 0.15) is 5.82 Å². The Bertz CT molecular complexity index is 943. The molecule has 29 heavy (non-hydrogen) atoms. The molecule has 154 valence electrons. The predicted molar refractivity (Wildman–Crippen MR) is 114 cm³/mol. The maximum atomic E-state index is 13.2. The summed E-state index contributed by atoms with van der Waals surface area (Å²) in [7, 11) is 0. The summed E-state index contributed by atoms with van der Waals surface area (Å²) in [6.07, 6.45) is 5.00. The van der Waals surface area contributed by atoms with E-state index >= 15 is 0 Å². The van der Waals surface area contributed by atoms with Crippen molar-refractivity contribution in [3.63, 3.8) is 0 Å². The molecule has 0 aliphatic carbocycles. The molecule has 8 heteroatoms. The molecule has 2 aromatic heterocycles. The largest absolute Gasteiger partial charge is 0.379 e. The van der Waals surface area contributed by atoms with Crippen molar-refractivity contribution in [3.05, 3.63) is 46.0 Å². The number of hydrogen-bond acceptors (Lipinski definition) is 7. The first-order chi connectivity index (χ1) is 14.2. The van der Waals surface area contributed by atoms with Crippen LogP contribution < -0.4 is 10.5 Å². The fourth-order valence-electron chi connectivity index (χ4n) is 4.90. The van der Waals surface area contributed by atoms with Crippen LogP contribution in [-0.2, 0) is 17.8 Å². The number of piperidine rings is 1. The van der Waals surface area contributed by atoms with Crippen LogP contribution in [0, 0.1) is 5.92 Å². The van der Waals surface area contributed by atoms with E-state index in [1.54, 1.807) is 11.8 Å². The van der Waals surface area contributed by atoms with Crippen LogP contribution in [0.3, 0.4) is 0 Å². The second-order valence-electron chi connectivity index (χ2n) is 8.19. The van der Waals surface area contributed by atoms with Crippen LogP contribution in [0.2, 0.25) is 0 Å². The minimum absolute atomic E-state index is 0.198. The summed E-state index contributed by atoms with van der Waals surface area (Å²) >= 11 is 1.57. The van der Waals surface area contributed by atoms with Crippen LogP contribution in [0.4, 0.5) is 5.82 Å². The van der Waals surface area contributed by atoms with Gasteiger partial charge in [0.15, 0.2) is 5.16 Å². The number of rotatable bonds is 4. The molecule has 0 saturated carbocycles. The molecular formula is C21H27N5O2S. The molecule has 2 aromatic rings. The summed E-state index contributed by atoms with van der Waals surface area (Å²) in [5, 5.41) is 0.808. The van der Waals surface area contributed by atoms with Crippen molar-refractivity contribution in [2.45, 2.75) is 30.6 Å². The topological polar surface area (TPSA) is 63.5 Å². The number of nitrogens with zero attached hydrogens (tertiary/aromatic N) is 5. The first kappa shape index (κ1) is 19.1. The van der Waals surface area contributed by atoms with Crippen molar-refractivity contribution < 1.29 is 4.74 Å². The van der Waals surface area contributed by atoms with Gasteiger partial charge in [-0.2, -0.15) is 0 Å². The average molecular weight is 414 g/mol. The Kier molecular flexibility index (Phi) is 5.32. The molecule has 0 unspecified atom stereocenters. The summed E-state index contributed by atoms with van der Waals surface area (Å²) in [5.41, 5.74) is 2.29. The average Bonchev–Trinajstić information content (AvgIpc) is 2.77. The van der Waals surface area contributed by atoms with Crippen LogP contribution in [0.5, 0.6) is 0 Å². The minimum atomic E-state index is 0.198. The molecule has 3 aliphatic heterocycles. The number of aromatic nitrogens is 3. The fourth-order valence-corrected chi connectivity index (χ4v) is 5.26. The number of thioether (sulfide) groups is 1. The predicted octanol–water partition coefficient (Wildman–Crippen LogP) is 1.82. The highest BCUT2D eigenvalue weighted by atomic mass is 32.2. The molecule has 0 N–H and O–H groups in total. The molecule has 2 saturated heterocycles. The summed E-state index contributed by atoms with van der Waals surface area (Å²) in [4.78, 5) is 26.9. The SMILES string of the molecule is CSc1nccc(N2C[C@@H]3C[C@H](C2)c2ccc(CN4CCOCC4)c(=O)n2C3)n1. The van der Waals surface area contributed by atoms with Gasteiger partial charge in [0.25, 0.3) is 5.56 Å². The zero-order valence-electron chi connectivity index (χ0n) is 16.8. The lowest BCUT2D eigenvalue weighted by Gasteiger charge is -2.43. The number of pyridine rings is 1. The van der Waals surface area contributed by atoms with E-state index in [0.717, 1.165) is 75.4 Å². The molecule has 5 heterocycles. The lowest BCUT2D eigenvalue weighted by Crippen LogP contribution is -2.48. The number of hydrogen-bond donors (Lipinski definition) is 0. The summed E-state index contributed by atoms with van der Waals surface area (Å²) in [6.45, 7) is 6.70. The zero-order valence-corrected chi connectivity index (χ0v) is 17.6. The fraction of sp³-hybridized carbons (Fsp3) is 0.571. The third-order valence-electron chi connectivity index (χ3n) is 6.31. The Morgan fingerprint density at radius 2 is 2.03 bits per heavy atom. The third-order valence-corrected chi connectivity index (χ3v) is 6.87. The molecule has 0 amide bonds. The monoisotopic (exact) mass is 413 g/mol. The van der Waals surface area contributed by atoms with Crippen molar-refractivity contribution in [2.24, 2.45) is 5.92 Å². The first-order valence-electron chi connectivity index (χ1n) is 10.4. The van der Waals surface area contributed by atoms with Gasteiger partial charge in [0.05, 0.1) is 13.2 Å². The van der Waals surface area contributed by atoms with Gasteiger partial charge >= 0.3 is 0 Å². The molecule has 0 radical (unpaired) electrons. The molecule has 0 spiro atoms. The van der Waals surface area contributed by atoms with E-state index in [0.29, 0.717) is 11.8 Å². The van der Waals surface area contributed by atoms with Gasteiger partial charge in [-0.1, -0.05) is 17.8 Å². The Morgan fingerprint density at radius 1 is 1.17 bits per heavy atom. The smallest absolute Gasteiger partial charge is 0.255 e. The van der Waals surface area contributed by atoms with Gasteiger partial charge in [-0.15, -0.1) is 0 Å². The van der Waals surface area contributed by atoms with E-state index in [1.165, 1.54) is 5.69 Å². The van der Waals surface area contributed by atoms with E-state index < -0.39 is 0 Å². The highest BCUT2D eigenvalue weighted by Gasteiger charge is 2.35. The number of anilines is 1. The van der Waals surface area contributed by atoms with Crippen molar-refractivity contribution in [1.82, 2.24) is 19.4 Å². The number of ether oxygens (including phenoxy) is 1. The molecule has 0 aromatic carbocycles. The van der Waals surface area contributed by atoms with Crippen molar-refractivity contribution in [2.75, 3.05) is 50.5 Å². The summed E-state index contributed by atoms with van der Waals surface area (Å²) < 4.78 is 7.48. The summed E-state index contributed by atoms with van der Waals surface area (Å²) in [5.74, 6) is 1.85. The second kappa shape index (κ2) is 8.08. The lowest BCUT2D eigenvalue weighted by molar-refractivity contribution is 0.0339. The molecule has 2 bridgehead atoms. The van der Waals surface area contributed by atoms with Crippen LogP contribution >= 0.6 is 11.8 Å². The summed E-state index contributed by atoms with van der Waals surface area (Å²) in [6, 6.07) is 6.24.